The molecule has 0 fully saturated rings. The first kappa shape index (κ1) is 19.4. The Bertz CT molecular complexity index is 1050. The first-order valence-corrected chi connectivity index (χ1v) is 9.02. The second-order valence-corrected chi connectivity index (χ2v) is 6.58. The molecule has 1 heterocycles. The van der Waals surface area contributed by atoms with Crippen LogP contribution in [0, 0.1) is 15.9 Å². The fourth-order valence-electron chi connectivity index (χ4n) is 3.01. The number of carbonyl (C=O) groups excluding carboxylic acids is 1. The Labute approximate surface area is 161 Å². The summed E-state index contributed by atoms with van der Waals surface area (Å²) in [4.78, 5) is 29.3. The van der Waals surface area contributed by atoms with E-state index in [0.717, 1.165) is 31.0 Å². The van der Waals surface area contributed by atoms with Crippen molar-refractivity contribution >= 4 is 22.4 Å². The summed E-state index contributed by atoms with van der Waals surface area (Å²) in [7, 11) is 1.70. The molecule has 144 valence electrons. The summed E-state index contributed by atoms with van der Waals surface area (Å²) < 4.78 is 14.5. The molecule has 0 aliphatic rings. The van der Waals surface area contributed by atoms with Gasteiger partial charge in [0.1, 0.15) is 11.5 Å². The number of fused-ring (bicyclic) bond motifs is 1. The number of carbonyl (C=O) groups is 1. The van der Waals surface area contributed by atoms with Crippen LogP contribution in [0.5, 0.6) is 0 Å². The van der Waals surface area contributed by atoms with Gasteiger partial charge >= 0.3 is 0 Å². The SMILES string of the molecule is CCCCN(C)C(=O)c1cc2ccccc2c(-c2cc([N+](=O)[O-])ccc2F)n1. The van der Waals surface area contributed by atoms with E-state index in [0.29, 0.717) is 17.3 Å². The van der Waals surface area contributed by atoms with E-state index in [4.69, 9.17) is 0 Å². The Morgan fingerprint density at radius 3 is 2.68 bits per heavy atom. The third kappa shape index (κ3) is 3.83. The van der Waals surface area contributed by atoms with Gasteiger partial charge in [-0.25, -0.2) is 9.37 Å². The maximum Gasteiger partial charge on any atom is 0.272 e. The molecule has 6 nitrogen and oxygen atoms in total. The van der Waals surface area contributed by atoms with Crippen LogP contribution in [-0.2, 0) is 0 Å². The molecule has 3 aromatic rings. The van der Waals surface area contributed by atoms with E-state index in [-0.39, 0.29) is 28.5 Å². The van der Waals surface area contributed by atoms with E-state index in [1.165, 1.54) is 0 Å². The average Bonchev–Trinajstić information content (AvgIpc) is 2.70. The average molecular weight is 381 g/mol. The largest absolute Gasteiger partial charge is 0.340 e. The van der Waals surface area contributed by atoms with Crippen molar-refractivity contribution in [1.82, 2.24) is 9.88 Å². The van der Waals surface area contributed by atoms with Gasteiger partial charge in [0.05, 0.1) is 10.6 Å². The maximum absolute atomic E-state index is 14.5. The standard InChI is InChI=1S/C21H20FN3O3/c1-3-4-11-24(2)21(26)19-12-14-7-5-6-8-16(14)20(23-19)17-13-15(25(27)28)9-10-18(17)22/h5-10,12-13H,3-4,11H2,1-2H3. The van der Waals surface area contributed by atoms with Crippen LogP contribution in [0.3, 0.4) is 0 Å². The number of non-ortho nitro benzene ring substituents is 1. The smallest absolute Gasteiger partial charge is 0.272 e. The molecule has 0 saturated carbocycles. The number of benzene rings is 2. The minimum Gasteiger partial charge on any atom is -0.340 e. The van der Waals surface area contributed by atoms with Crippen LogP contribution in [0.15, 0.2) is 48.5 Å². The third-order valence-corrected chi connectivity index (χ3v) is 4.57. The van der Waals surface area contributed by atoms with Crippen molar-refractivity contribution in [3.05, 3.63) is 70.2 Å². The first-order valence-electron chi connectivity index (χ1n) is 9.02. The van der Waals surface area contributed by atoms with Gasteiger partial charge in [0.25, 0.3) is 11.6 Å². The van der Waals surface area contributed by atoms with Crippen molar-refractivity contribution < 1.29 is 14.1 Å². The van der Waals surface area contributed by atoms with Gasteiger partial charge < -0.3 is 4.90 Å². The molecule has 0 unspecified atom stereocenters. The zero-order chi connectivity index (χ0) is 20.3. The van der Waals surface area contributed by atoms with E-state index >= 15 is 0 Å². The third-order valence-electron chi connectivity index (χ3n) is 4.57. The number of pyridine rings is 1. The summed E-state index contributed by atoms with van der Waals surface area (Å²) in [6.07, 6.45) is 1.81. The topological polar surface area (TPSA) is 76.3 Å². The van der Waals surface area contributed by atoms with Gasteiger partial charge in [-0.1, -0.05) is 37.6 Å². The number of hydrogen-bond acceptors (Lipinski definition) is 4. The van der Waals surface area contributed by atoms with Crippen LogP contribution < -0.4 is 0 Å². The minimum absolute atomic E-state index is 0.00346. The number of unbranched alkanes of at least 4 members (excludes halogenated alkanes) is 1. The summed E-state index contributed by atoms with van der Waals surface area (Å²) >= 11 is 0. The van der Waals surface area contributed by atoms with E-state index in [1.54, 1.807) is 36.2 Å². The first-order chi connectivity index (χ1) is 13.4. The van der Waals surface area contributed by atoms with Crippen LogP contribution in [0.1, 0.15) is 30.3 Å². The van der Waals surface area contributed by atoms with Crippen molar-refractivity contribution in [3.8, 4) is 11.3 Å². The fraction of sp³-hybridized carbons (Fsp3) is 0.238. The van der Waals surface area contributed by atoms with Crippen molar-refractivity contribution in [2.45, 2.75) is 19.8 Å². The lowest BCUT2D eigenvalue weighted by atomic mass is 10.0. The van der Waals surface area contributed by atoms with Gasteiger partial charge in [-0.3, -0.25) is 14.9 Å². The van der Waals surface area contributed by atoms with E-state index in [9.17, 15) is 19.3 Å². The quantitative estimate of drug-likeness (QED) is 0.453. The molecule has 0 aliphatic carbocycles. The Hall–Kier alpha value is -3.35. The molecule has 0 atom stereocenters. The second kappa shape index (κ2) is 8.12. The van der Waals surface area contributed by atoms with Gasteiger partial charge in [-0.15, -0.1) is 0 Å². The molecule has 0 aliphatic heterocycles. The molecular weight excluding hydrogens is 361 g/mol. The molecule has 7 heteroatoms. The molecule has 0 radical (unpaired) electrons. The second-order valence-electron chi connectivity index (χ2n) is 6.58. The Kier molecular flexibility index (Phi) is 5.63. The predicted molar refractivity (Wildman–Crippen MR) is 106 cm³/mol. The molecule has 0 bridgehead atoms. The Morgan fingerprint density at radius 2 is 1.96 bits per heavy atom. The summed E-state index contributed by atoms with van der Waals surface area (Å²) in [6.45, 7) is 2.63. The van der Waals surface area contributed by atoms with E-state index < -0.39 is 10.7 Å². The lowest BCUT2D eigenvalue weighted by molar-refractivity contribution is -0.384. The van der Waals surface area contributed by atoms with Gasteiger partial charge in [0.15, 0.2) is 0 Å². The summed E-state index contributed by atoms with van der Waals surface area (Å²) in [5, 5.41) is 12.5. The van der Waals surface area contributed by atoms with E-state index in [2.05, 4.69) is 4.98 Å². The van der Waals surface area contributed by atoms with E-state index in [1.807, 2.05) is 13.0 Å². The Morgan fingerprint density at radius 1 is 1.21 bits per heavy atom. The van der Waals surface area contributed by atoms with Crippen LogP contribution in [0.4, 0.5) is 10.1 Å². The molecular formula is C21H20FN3O3. The molecule has 0 spiro atoms. The van der Waals surface area contributed by atoms with Crippen molar-refractivity contribution in [2.75, 3.05) is 13.6 Å². The molecule has 2 aromatic carbocycles. The summed E-state index contributed by atoms with van der Waals surface area (Å²) in [5.41, 5.74) is 0.153. The van der Waals surface area contributed by atoms with Gasteiger partial charge in [-0.05, 0) is 23.9 Å². The zero-order valence-electron chi connectivity index (χ0n) is 15.7. The number of amides is 1. The minimum atomic E-state index is -0.632. The van der Waals surface area contributed by atoms with Crippen molar-refractivity contribution in [3.63, 3.8) is 0 Å². The zero-order valence-corrected chi connectivity index (χ0v) is 15.7. The molecule has 28 heavy (non-hydrogen) atoms. The molecule has 3 rings (SSSR count). The number of hydrogen-bond donors (Lipinski definition) is 0. The normalized spacial score (nSPS) is 10.8. The van der Waals surface area contributed by atoms with Gasteiger partial charge in [-0.2, -0.15) is 0 Å². The maximum atomic E-state index is 14.5. The van der Waals surface area contributed by atoms with Crippen LogP contribution in [0.25, 0.3) is 22.0 Å². The van der Waals surface area contributed by atoms with Crippen LogP contribution >= 0.6 is 0 Å². The molecule has 0 N–H and O–H groups in total. The molecule has 0 saturated heterocycles. The highest BCUT2D eigenvalue weighted by Crippen LogP contribution is 2.32. The predicted octanol–water partition coefficient (Wildman–Crippen LogP) is 4.82. The molecule has 1 amide bonds. The number of nitrogens with zero attached hydrogens (tertiary/aromatic N) is 3. The highest BCUT2D eigenvalue weighted by atomic mass is 19.1. The monoisotopic (exact) mass is 381 g/mol. The lowest BCUT2D eigenvalue weighted by Crippen LogP contribution is -2.28. The van der Waals surface area contributed by atoms with Gasteiger partial charge in [0, 0.05) is 36.7 Å². The summed E-state index contributed by atoms with van der Waals surface area (Å²) in [5.74, 6) is -0.904. The van der Waals surface area contributed by atoms with Crippen molar-refractivity contribution in [2.24, 2.45) is 0 Å². The molecule has 1 aromatic heterocycles. The highest BCUT2D eigenvalue weighted by Gasteiger charge is 2.20. The summed E-state index contributed by atoms with van der Waals surface area (Å²) in [6, 6.07) is 12.1. The number of aromatic nitrogens is 1. The van der Waals surface area contributed by atoms with Crippen LogP contribution in [0.2, 0.25) is 0 Å². The number of rotatable bonds is 6. The van der Waals surface area contributed by atoms with Gasteiger partial charge in [0.2, 0.25) is 0 Å². The lowest BCUT2D eigenvalue weighted by Gasteiger charge is -2.17. The number of nitro groups is 1. The highest BCUT2D eigenvalue weighted by molar-refractivity contribution is 6.01. The Balaban J connectivity index is 2.18. The van der Waals surface area contributed by atoms with Crippen LogP contribution in [-0.4, -0.2) is 34.3 Å². The fourth-order valence-corrected chi connectivity index (χ4v) is 3.01. The van der Waals surface area contributed by atoms with Crippen molar-refractivity contribution in [1.29, 1.82) is 0 Å². The number of nitro benzene ring substituents is 1. The number of halogens is 1.